The molecule has 1 saturated heterocycles. The lowest BCUT2D eigenvalue weighted by atomic mass is 10.0. The van der Waals surface area contributed by atoms with Crippen molar-refractivity contribution in [1.29, 1.82) is 0 Å². The summed E-state index contributed by atoms with van der Waals surface area (Å²) >= 11 is 0. The molecule has 4 heteroatoms. The molecule has 1 aliphatic heterocycles. The number of hydrogen-bond acceptors (Lipinski definition) is 4. The van der Waals surface area contributed by atoms with Crippen molar-refractivity contribution in [1.82, 2.24) is 10.9 Å². The average Bonchev–Trinajstić information content (AvgIpc) is 2.96. The van der Waals surface area contributed by atoms with Crippen LogP contribution in [-0.4, -0.2) is 12.6 Å². The van der Waals surface area contributed by atoms with Gasteiger partial charge in [0.1, 0.15) is 12.4 Å². The highest BCUT2D eigenvalue weighted by Crippen LogP contribution is 2.24. The number of para-hydroxylation sites is 1. The van der Waals surface area contributed by atoms with E-state index in [1.54, 1.807) is 0 Å². The quantitative estimate of drug-likeness (QED) is 0.755. The van der Waals surface area contributed by atoms with Crippen molar-refractivity contribution < 1.29 is 4.74 Å². The zero-order chi connectivity index (χ0) is 14.7. The maximum atomic E-state index is 5.90. The maximum absolute atomic E-state index is 5.90. The summed E-state index contributed by atoms with van der Waals surface area (Å²) in [5.74, 6) is 0.954. The van der Waals surface area contributed by atoms with Crippen molar-refractivity contribution in [2.45, 2.75) is 25.4 Å². The maximum Gasteiger partial charge on any atom is 0.122 e. The van der Waals surface area contributed by atoms with Crippen molar-refractivity contribution in [3.05, 3.63) is 59.7 Å². The highest BCUT2D eigenvalue weighted by molar-refractivity contribution is 5.40. The van der Waals surface area contributed by atoms with Crippen molar-refractivity contribution >= 4 is 5.69 Å². The molecule has 2 aromatic rings. The van der Waals surface area contributed by atoms with E-state index in [1.165, 1.54) is 11.1 Å². The smallest absolute Gasteiger partial charge is 0.122 e. The Morgan fingerprint density at radius 3 is 2.62 bits per heavy atom. The van der Waals surface area contributed by atoms with Gasteiger partial charge in [0.25, 0.3) is 0 Å². The molecule has 1 aliphatic rings. The molecule has 0 bridgehead atoms. The summed E-state index contributed by atoms with van der Waals surface area (Å²) in [6, 6.07) is 16.7. The molecule has 0 amide bonds. The number of nitrogen functional groups attached to an aromatic ring is 1. The number of aryl methyl sites for hydroxylation is 1. The van der Waals surface area contributed by atoms with Gasteiger partial charge < -0.3 is 10.5 Å². The van der Waals surface area contributed by atoms with Crippen LogP contribution in [0, 0.1) is 6.92 Å². The van der Waals surface area contributed by atoms with Gasteiger partial charge >= 0.3 is 0 Å². The van der Waals surface area contributed by atoms with Gasteiger partial charge in [0, 0.05) is 11.7 Å². The fourth-order valence-corrected chi connectivity index (χ4v) is 2.59. The van der Waals surface area contributed by atoms with Crippen molar-refractivity contribution in [2.24, 2.45) is 0 Å². The van der Waals surface area contributed by atoms with Gasteiger partial charge in [-0.2, -0.15) is 0 Å². The zero-order valence-electron chi connectivity index (χ0n) is 12.2. The molecule has 21 heavy (non-hydrogen) atoms. The van der Waals surface area contributed by atoms with Crippen molar-refractivity contribution in [3.63, 3.8) is 0 Å². The van der Waals surface area contributed by atoms with Crippen LogP contribution in [0.15, 0.2) is 48.5 Å². The molecule has 4 N–H and O–H groups in total. The molecule has 2 aromatic carbocycles. The minimum Gasteiger partial charge on any atom is -0.492 e. The molecular weight excluding hydrogens is 262 g/mol. The van der Waals surface area contributed by atoms with Gasteiger partial charge in [-0.25, -0.2) is 5.43 Å². The Morgan fingerprint density at radius 1 is 1.10 bits per heavy atom. The van der Waals surface area contributed by atoms with E-state index in [0.717, 1.165) is 17.9 Å². The molecule has 0 saturated carbocycles. The summed E-state index contributed by atoms with van der Waals surface area (Å²) < 4.78 is 5.90. The van der Waals surface area contributed by atoms with Gasteiger partial charge in [0.2, 0.25) is 0 Å². The lowest BCUT2D eigenvalue weighted by molar-refractivity contribution is 0.271. The number of hydrogen-bond donors (Lipinski definition) is 3. The first-order valence-corrected chi connectivity index (χ1v) is 7.27. The second-order valence-corrected chi connectivity index (χ2v) is 5.52. The zero-order valence-corrected chi connectivity index (χ0v) is 12.2. The third-order valence-corrected chi connectivity index (χ3v) is 3.85. The molecule has 3 rings (SSSR count). The van der Waals surface area contributed by atoms with Crippen LogP contribution in [0.25, 0.3) is 0 Å². The molecule has 0 radical (unpaired) electrons. The number of nitrogens with two attached hydrogens (primary N) is 1. The van der Waals surface area contributed by atoms with Crippen molar-refractivity contribution in [3.8, 4) is 5.75 Å². The largest absolute Gasteiger partial charge is 0.492 e. The number of benzene rings is 2. The van der Waals surface area contributed by atoms with Gasteiger partial charge in [-0.15, -0.1) is 0 Å². The van der Waals surface area contributed by atoms with Gasteiger partial charge in [-0.1, -0.05) is 30.3 Å². The summed E-state index contributed by atoms with van der Waals surface area (Å²) in [6.07, 6.45) is 0.996. The molecule has 1 fully saturated rings. The normalized spacial score (nSPS) is 21.4. The molecule has 110 valence electrons. The summed E-state index contributed by atoms with van der Waals surface area (Å²) in [5.41, 5.74) is 15.6. The molecule has 0 aromatic heterocycles. The highest BCUT2D eigenvalue weighted by Gasteiger charge is 2.25. The molecule has 4 nitrogen and oxygen atoms in total. The molecular formula is C17H21N3O. The second-order valence-electron chi connectivity index (χ2n) is 5.52. The Balaban J connectivity index is 1.55. The first kappa shape index (κ1) is 13.9. The minimum atomic E-state index is 0.298. The molecule has 0 spiro atoms. The van der Waals surface area contributed by atoms with E-state index < -0.39 is 0 Å². The molecule has 0 aliphatic carbocycles. The number of nitrogens with one attached hydrogen (secondary N) is 2. The lowest BCUT2D eigenvalue weighted by Crippen LogP contribution is -2.34. The Hall–Kier alpha value is -2.04. The van der Waals surface area contributed by atoms with Crippen LogP contribution in [0.5, 0.6) is 5.75 Å². The minimum absolute atomic E-state index is 0.298. The fourth-order valence-electron chi connectivity index (χ4n) is 2.59. The van der Waals surface area contributed by atoms with Gasteiger partial charge in [0.05, 0.1) is 6.04 Å². The van der Waals surface area contributed by atoms with Crippen LogP contribution < -0.4 is 21.3 Å². The van der Waals surface area contributed by atoms with E-state index in [-0.39, 0.29) is 0 Å². The van der Waals surface area contributed by atoms with Crippen molar-refractivity contribution in [2.75, 3.05) is 12.3 Å². The predicted molar refractivity (Wildman–Crippen MR) is 84.9 cm³/mol. The van der Waals surface area contributed by atoms with E-state index in [1.807, 2.05) is 30.3 Å². The number of anilines is 1. The first-order valence-electron chi connectivity index (χ1n) is 7.27. The Kier molecular flexibility index (Phi) is 4.08. The third kappa shape index (κ3) is 3.35. The Morgan fingerprint density at radius 2 is 1.86 bits per heavy atom. The topological polar surface area (TPSA) is 59.3 Å². The monoisotopic (exact) mass is 283 g/mol. The summed E-state index contributed by atoms with van der Waals surface area (Å²) in [5, 5.41) is 0. The standard InChI is InChI=1S/C17H21N3O/c1-12-4-2-3-5-17(12)21-11-15-10-16(20-19-15)13-6-8-14(18)9-7-13/h2-9,15-16,19-20H,10-11,18H2,1H3. The van der Waals surface area contributed by atoms with Crippen LogP contribution in [0.1, 0.15) is 23.6 Å². The van der Waals surface area contributed by atoms with E-state index in [0.29, 0.717) is 18.7 Å². The van der Waals surface area contributed by atoms with E-state index in [4.69, 9.17) is 10.5 Å². The fraction of sp³-hybridized carbons (Fsp3) is 0.294. The Bertz CT molecular complexity index is 597. The highest BCUT2D eigenvalue weighted by atomic mass is 16.5. The molecule has 2 atom stereocenters. The van der Waals surface area contributed by atoms with Crippen LogP contribution in [0.3, 0.4) is 0 Å². The summed E-state index contributed by atoms with van der Waals surface area (Å²) in [7, 11) is 0. The van der Waals surface area contributed by atoms with E-state index in [9.17, 15) is 0 Å². The molecule has 1 heterocycles. The van der Waals surface area contributed by atoms with Crippen LogP contribution in [0.4, 0.5) is 5.69 Å². The Labute approximate surface area is 125 Å². The summed E-state index contributed by atoms with van der Waals surface area (Å²) in [6.45, 7) is 2.72. The first-order chi connectivity index (χ1) is 10.2. The third-order valence-electron chi connectivity index (χ3n) is 3.85. The summed E-state index contributed by atoms with van der Waals surface area (Å²) in [4.78, 5) is 0. The van der Waals surface area contributed by atoms with Crippen LogP contribution >= 0.6 is 0 Å². The molecule has 2 unspecified atom stereocenters. The average molecular weight is 283 g/mol. The van der Waals surface area contributed by atoms with E-state index in [2.05, 4.69) is 36.0 Å². The predicted octanol–water partition coefficient (Wildman–Crippen LogP) is 2.56. The van der Waals surface area contributed by atoms with Gasteiger partial charge in [-0.3, -0.25) is 5.43 Å². The second kappa shape index (κ2) is 6.16. The van der Waals surface area contributed by atoms with Gasteiger partial charge in [-0.05, 0) is 42.7 Å². The number of rotatable bonds is 4. The lowest BCUT2D eigenvalue weighted by Gasteiger charge is -2.13. The van der Waals surface area contributed by atoms with Gasteiger partial charge in [0.15, 0.2) is 0 Å². The number of ether oxygens (including phenoxy) is 1. The van der Waals surface area contributed by atoms with Crippen LogP contribution in [-0.2, 0) is 0 Å². The number of hydrazine groups is 1. The SMILES string of the molecule is Cc1ccccc1OCC1CC(c2ccc(N)cc2)NN1. The van der Waals surface area contributed by atoms with E-state index >= 15 is 0 Å². The van der Waals surface area contributed by atoms with Crippen LogP contribution in [0.2, 0.25) is 0 Å².